The SMILES string of the molecule is CN(Cc1nc(-c2ccccc2)no1)C(=O)C1CCCN(Cc2ccccc2Cl)C1. The fourth-order valence-electron chi connectivity index (χ4n) is 3.88. The minimum absolute atomic E-state index is 0.0391. The van der Waals surface area contributed by atoms with Crippen LogP contribution < -0.4 is 0 Å². The molecular formula is C23H25ClN4O2. The van der Waals surface area contributed by atoms with Gasteiger partial charge in [-0.1, -0.05) is 65.3 Å². The van der Waals surface area contributed by atoms with Crippen molar-refractivity contribution in [2.75, 3.05) is 20.1 Å². The Hall–Kier alpha value is -2.70. The van der Waals surface area contributed by atoms with Crippen LogP contribution in [0.15, 0.2) is 59.1 Å². The molecule has 1 aliphatic heterocycles. The average Bonchev–Trinajstić information content (AvgIpc) is 3.24. The molecule has 30 heavy (non-hydrogen) atoms. The molecule has 6 nitrogen and oxygen atoms in total. The number of amides is 1. The summed E-state index contributed by atoms with van der Waals surface area (Å²) < 4.78 is 5.36. The Bertz CT molecular complexity index is 992. The predicted octanol–water partition coefficient (Wildman–Crippen LogP) is 4.26. The average molecular weight is 425 g/mol. The van der Waals surface area contributed by atoms with E-state index in [1.54, 1.807) is 11.9 Å². The highest BCUT2D eigenvalue weighted by Gasteiger charge is 2.29. The van der Waals surface area contributed by atoms with Gasteiger partial charge in [-0.15, -0.1) is 0 Å². The van der Waals surface area contributed by atoms with Gasteiger partial charge >= 0.3 is 0 Å². The number of aromatic nitrogens is 2. The van der Waals surface area contributed by atoms with Gasteiger partial charge in [-0.2, -0.15) is 4.98 Å². The lowest BCUT2D eigenvalue weighted by atomic mass is 9.96. The largest absolute Gasteiger partial charge is 0.337 e. The molecule has 0 bridgehead atoms. The maximum Gasteiger partial charge on any atom is 0.246 e. The quantitative estimate of drug-likeness (QED) is 0.591. The molecular weight excluding hydrogens is 400 g/mol. The summed E-state index contributed by atoms with van der Waals surface area (Å²) in [5.41, 5.74) is 1.99. The number of rotatable bonds is 6. The van der Waals surface area contributed by atoms with Crippen LogP contribution in [0.2, 0.25) is 5.02 Å². The van der Waals surface area contributed by atoms with Gasteiger partial charge in [0.15, 0.2) is 0 Å². The maximum atomic E-state index is 13.0. The van der Waals surface area contributed by atoms with Crippen molar-refractivity contribution in [2.24, 2.45) is 5.92 Å². The smallest absolute Gasteiger partial charge is 0.246 e. The van der Waals surface area contributed by atoms with Crippen molar-refractivity contribution < 1.29 is 9.32 Å². The van der Waals surface area contributed by atoms with Crippen molar-refractivity contribution in [2.45, 2.75) is 25.9 Å². The van der Waals surface area contributed by atoms with Crippen LogP contribution >= 0.6 is 11.6 Å². The molecule has 2 heterocycles. The normalized spacial score (nSPS) is 17.1. The van der Waals surface area contributed by atoms with Crippen molar-refractivity contribution in [1.82, 2.24) is 19.9 Å². The summed E-state index contributed by atoms with van der Waals surface area (Å²) in [5, 5.41) is 4.81. The third kappa shape index (κ3) is 4.89. The van der Waals surface area contributed by atoms with Crippen molar-refractivity contribution in [1.29, 1.82) is 0 Å². The number of piperidine rings is 1. The number of halogens is 1. The number of benzene rings is 2. The van der Waals surface area contributed by atoms with Gasteiger partial charge in [0.05, 0.1) is 12.5 Å². The lowest BCUT2D eigenvalue weighted by Gasteiger charge is -2.33. The van der Waals surface area contributed by atoms with E-state index in [9.17, 15) is 4.79 Å². The molecule has 1 unspecified atom stereocenters. The highest BCUT2D eigenvalue weighted by molar-refractivity contribution is 6.31. The van der Waals surface area contributed by atoms with Gasteiger partial charge in [0.25, 0.3) is 0 Å². The zero-order valence-corrected chi connectivity index (χ0v) is 17.8. The number of carbonyl (C=O) groups is 1. The number of likely N-dealkylation sites (tertiary alicyclic amines) is 1. The third-order valence-electron chi connectivity index (χ3n) is 5.46. The lowest BCUT2D eigenvalue weighted by molar-refractivity contribution is -0.137. The second kappa shape index (κ2) is 9.41. The Morgan fingerprint density at radius 1 is 1.20 bits per heavy atom. The van der Waals surface area contributed by atoms with E-state index in [-0.39, 0.29) is 11.8 Å². The van der Waals surface area contributed by atoms with Gasteiger partial charge in [0.2, 0.25) is 17.6 Å². The van der Waals surface area contributed by atoms with Crippen molar-refractivity contribution in [3.8, 4) is 11.4 Å². The number of carbonyl (C=O) groups excluding carboxylic acids is 1. The molecule has 2 aromatic carbocycles. The number of hydrogen-bond donors (Lipinski definition) is 0. The van der Waals surface area contributed by atoms with Crippen LogP contribution in [0.3, 0.4) is 0 Å². The molecule has 1 atom stereocenters. The Morgan fingerprint density at radius 3 is 2.77 bits per heavy atom. The maximum absolute atomic E-state index is 13.0. The molecule has 156 valence electrons. The van der Waals surface area contributed by atoms with Crippen LogP contribution in [-0.4, -0.2) is 46.0 Å². The van der Waals surface area contributed by atoms with E-state index in [1.165, 1.54) is 0 Å². The standard InChI is InChI=1S/C23H25ClN4O2/c1-27(16-21-25-22(26-30-21)17-8-3-2-4-9-17)23(29)19-11-7-13-28(15-19)14-18-10-5-6-12-20(18)24/h2-6,8-10,12,19H,7,11,13-16H2,1H3. The van der Waals surface area contributed by atoms with Crippen molar-refractivity contribution in [3.05, 3.63) is 71.1 Å². The number of nitrogens with zero attached hydrogens (tertiary/aromatic N) is 4. The van der Waals surface area contributed by atoms with E-state index in [2.05, 4.69) is 15.0 Å². The molecule has 4 rings (SSSR count). The topological polar surface area (TPSA) is 62.5 Å². The molecule has 7 heteroatoms. The molecule has 0 radical (unpaired) electrons. The molecule has 1 aliphatic rings. The van der Waals surface area contributed by atoms with Crippen LogP contribution in [0.4, 0.5) is 0 Å². The molecule has 1 aromatic heterocycles. The summed E-state index contributed by atoms with van der Waals surface area (Å²) in [5.74, 6) is 1.05. The molecule has 1 fully saturated rings. The van der Waals surface area contributed by atoms with Crippen LogP contribution in [-0.2, 0) is 17.9 Å². The predicted molar refractivity (Wildman–Crippen MR) is 116 cm³/mol. The van der Waals surface area contributed by atoms with Gasteiger partial charge in [-0.25, -0.2) is 0 Å². The molecule has 0 aliphatic carbocycles. The van der Waals surface area contributed by atoms with Gasteiger partial charge in [0, 0.05) is 30.7 Å². The lowest BCUT2D eigenvalue weighted by Crippen LogP contribution is -2.43. The summed E-state index contributed by atoms with van der Waals surface area (Å²) in [7, 11) is 1.79. The summed E-state index contributed by atoms with van der Waals surface area (Å²) in [6.45, 7) is 2.77. The fourth-order valence-corrected chi connectivity index (χ4v) is 4.08. The van der Waals surface area contributed by atoms with E-state index in [1.807, 2.05) is 54.6 Å². The monoisotopic (exact) mass is 424 g/mol. The zero-order chi connectivity index (χ0) is 20.9. The first kappa shape index (κ1) is 20.6. The first-order valence-electron chi connectivity index (χ1n) is 10.2. The summed E-state index contributed by atoms with van der Waals surface area (Å²) in [6.07, 6.45) is 1.88. The highest BCUT2D eigenvalue weighted by atomic mass is 35.5. The summed E-state index contributed by atoms with van der Waals surface area (Å²) >= 11 is 6.30. The fraction of sp³-hybridized carbons (Fsp3) is 0.348. The minimum Gasteiger partial charge on any atom is -0.337 e. The molecule has 0 saturated carbocycles. The van der Waals surface area contributed by atoms with E-state index >= 15 is 0 Å². The van der Waals surface area contributed by atoms with Gasteiger partial charge < -0.3 is 9.42 Å². The zero-order valence-electron chi connectivity index (χ0n) is 17.0. The Labute approximate surface area is 181 Å². The highest BCUT2D eigenvalue weighted by Crippen LogP contribution is 2.24. The third-order valence-corrected chi connectivity index (χ3v) is 5.82. The molecule has 0 N–H and O–H groups in total. The second-order valence-electron chi connectivity index (χ2n) is 7.74. The Balaban J connectivity index is 1.35. The van der Waals surface area contributed by atoms with Crippen LogP contribution in [0.1, 0.15) is 24.3 Å². The van der Waals surface area contributed by atoms with E-state index in [0.29, 0.717) is 18.3 Å². The molecule has 3 aromatic rings. The first-order valence-corrected chi connectivity index (χ1v) is 10.6. The van der Waals surface area contributed by atoms with E-state index < -0.39 is 0 Å². The van der Waals surface area contributed by atoms with E-state index in [0.717, 1.165) is 48.6 Å². The Kier molecular flexibility index (Phi) is 6.45. The van der Waals surface area contributed by atoms with Crippen molar-refractivity contribution in [3.63, 3.8) is 0 Å². The second-order valence-corrected chi connectivity index (χ2v) is 8.14. The first-order chi connectivity index (χ1) is 14.6. The van der Waals surface area contributed by atoms with Gasteiger partial charge in [-0.3, -0.25) is 9.69 Å². The molecule has 1 amide bonds. The Morgan fingerprint density at radius 2 is 1.97 bits per heavy atom. The summed E-state index contributed by atoms with van der Waals surface area (Å²) in [4.78, 5) is 21.5. The molecule has 1 saturated heterocycles. The van der Waals surface area contributed by atoms with Crippen LogP contribution in [0, 0.1) is 5.92 Å². The van der Waals surface area contributed by atoms with Crippen LogP contribution in [0.25, 0.3) is 11.4 Å². The van der Waals surface area contributed by atoms with Crippen molar-refractivity contribution >= 4 is 17.5 Å². The molecule has 0 spiro atoms. The number of hydrogen-bond acceptors (Lipinski definition) is 5. The summed E-state index contributed by atoms with van der Waals surface area (Å²) in [6, 6.07) is 17.5. The van der Waals surface area contributed by atoms with Gasteiger partial charge in [-0.05, 0) is 31.0 Å². The van der Waals surface area contributed by atoms with Gasteiger partial charge in [0.1, 0.15) is 0 Å². The minimum atomic E-state index is -0.0391. The van der Waals surface area contributed by atoms with E-state index in [4.69, 9.17) is 16.1 Å². The van der Waals surface area contributed by atoms with Crippen LogP contribution in [0.5, 0.6) is 0 Å².